The van der Waals surface area contributed by atoms with Crippen LogP contribution in [-0.4, -0.2) is 23.8 Å². The normalized spacial score (nSPS) is 11.0. The Morgan fingerprint density at radius 2 is 1.81 bits per heavy atom. The fourth-order valence-corrected chi connectivity index (χ4v) is 3.18. The molecule has 0 atom stereocenters. The first-order chi connectivity index (χ1) is 12.6. The van der Waals surface area contributed by atoms with Gasteiger partial charge in [0.05, 0.1) is 26.2 Å². The lowest BCUT2D eigenvalue weighted by Crippen LogP contribution is -2.07. The van der Waals surface area contributed by atoms with Crippen molar-refractivity contribution in [2.75, 3.05) is 14.2 Å². The van der Waals surface area contributed by atoms with E-state index in [1.165, 1.54) is 11.3 Å². The molecule has 0 spiro atoms. The lowest BCUT2D eigenvalue weighted by molar-refractivity contribution is 0.414. The molecule has 0 aliphatic rings. The molecule has 0 saturated heterocycles. The Hall–Kier alpha value is -2.75. The highest BCUT2D eigenvalue weighted by atomic mass is 16.5. The Kier molecular flexibility index (Phi) is 5.61. The predicted molar refractivity (Wildman–Crippen MR) is 105 cm³/mol. The Balaban J connectivity index is 2.02. The fourth-order valence-electron chi connectivity index (χ4n) is 3.18. The molecule has 0 bridgehead atoms. The first kappa shape index (κ1) is 18.1. The maximum Gasteiger partial charge on any atom is 0.128 e. The third-order valence-corrected chi connectivity index (χ3v) is 4.40. The second-order valence-electron chi connectivity index (χ2n) is 6.82. The molecule has 0 radical (unpaired) electrons. The molecule has 0 N–H and O–H groups in total. The highest BCUT2D eigenvalue weighted by molar-refractivity contribution is 5.69. The Morgan fingerprint density at radius 3 is 2.54 bits per heavy atom. The summed E-state index contributed by atoms with van der Waals surface area (Å²) >= 11 is 0. The van der Waals surface area contributed by atoms with Crippen LogP contribution in [0.1, 0.15) is 25.1 Å². The van der Waals surface area contributed by atoms with Crippen LogP contribution in [0.15, 0.2) is 54.9 Å². The van der Waals surface area contributed by atoms with Crippen molar-refractivity contribution >= 4 is 0 Å². The zero-order chi connectivity index (χ0) is 18.5. The summed E-state index contributed by atoms with van der Waals surface area (Å²) in [6.07, 6.45) is 2.89. The van der Waals surface area contributed by atoms with E-state index in [0.717, 1.165) is 35.7 Å². The number of para-hydroxylation sites is 1. The lowest BCUT2D eigenvalue weighted by Gasteiger charge is -2.14. The van der Waals surface area contributed by atoms with Crippen molar-refractivity contribution in [3.63, 3.8) is 0 Å². The molecule has 1 heterocycles. The van der Waals surface area contributed by atoms with Gasteiger partial charge < -0.3 is 14.0 Å². The number of imidazole rings is 1. The minimum atomic E-state index is 0.532. The second-order valence-corrected chi connectivity index (χ2v) is 6.82. The molecule has 26 heavy (non-hydrogen) atoms. The van der Waals surface area contributed by atoms with Gasteiger partial charge in [-0.3, -0.25) is 0 Å². The molecule has 4 heteroatoms. The van der Waals surface area contributed by atoms with Crippen LogP contribution < -0.4 is 9.47 Å². The van der Waals surface area contributed by atoms with Gasteiger partial charge in [-0.1, -0.05) is 38.1 Å². The van der Waals surface area contributed by atoms with Crippen LogP contribution in [0, 0.1) is 5.92 Å². The number of aromatic nitrogens is 2. The van der Waals surface area contributed by atoms with Crippen molar-refractivity contribution in [1.29, 1.82) is 0 Å². The summed E-state index contributed by atoms with van der Waals surface area (Å²) in [6, 6.07) is 16.2. The van der Waals surface area contributed by atoms with Gasteiger partial charge in [0.2, 0.25) is 0 Å². The average molecular weight is 350 g/mol. The number of nitrogens with zero attached hydrogens (tertiary/aromatic N) is 2. The zero-order valence-electron chi connectivity index (χ0n) is 15.9. The lowest BCUT2D eigenvalue weighted by atomic mass is 10.0. The van der Waals surface area contributed by atoms with Crippen molar-refractivity contribution in [2.45, 2.75) is 26.8 Å². The SMILES string of the molecule is COc1cccc(Cn2cnc(-c3ccccc3OC)c2CC(C)C)c1. The summed E-state index contributed by atoms with van der Waals surface area (Å²) in [5.41, 5.74) is 4.46. The summed E-state index contributed by atoms with van der Waals surface area (Å²) in [6.45, 7) is 5.23. The summed E-state index contributed by atoms with van der Waals surface area (Å²) in [7, 11) is 3.40. The summed E-state index contributed by atoms with van der Waals surface area (Å²) < 4.78 is 13.1. The van der Waals surface area contributed by atoms with Gasteiger partial charge in [0, 0.05) is 17.8 Å². The highest BCUT2D eigenvalue weighted by Gasteiger charge is 2.17. The standard InChI is InChI=1S/C22H26N2O2/c1-16(2)12-20-22(19-10-5-6-11-21(19)26-4)23-15-24(20)14-17-8-7-9-18(13-17)25-3/h5-11,13,15-16H,12,14H2,1-4H3. The number of hydrogen-bond donors (Lipinski definition) is 0. The molecule has 0 aliphatic carbocycles. The van der Waals surface area contributed by atoms with Crippen molar-refractivity contribution in [2.24, 2.45) is 5.92 Å². The van der Waals surface area contributed by atoms with Crippen LogP contribution in [0.5, 0.6) is 11.5 Å². The van der Waals surface area contributed by atoms with E-state index >= 15 is 0 Å². The van der Waals surface area contributed by atoms with Gasteiger partial charge in [-0.05, 0) is 42.2 Å². The largest absolute Gasteiger partial charge is 0.497 e. The van der Waals surface area contributed by atoms with Gasteiger partial charge in [-0.25, -0.2) is 4.98 Å². The predicted octanol–water partition coefficient (Wildman–Crippen LogP) is 4.81. The molecule has 1 aromatic heterocycles. The van der Waals surface area contributed by atoms with Gasteiger partial charge in [-0.2, -0.15) is 0 Å². The Labute approximate surface area is 155 Å². The third-order valence-electron chi connectivity index (χ3n) is 4.40. The van der Waals surface area contributed by atoms with Crippen LogP contribution in [0.4, 0.5) is 0 Å². The fraction of sp³-hybridized carbons (Fsp3) is 0.318. The van der Waals surface area contributed by atoms with Crippen LogP contribution in [0.3, 0.4) is 0 Å². The van der Waals surface area contributed by atoms with E-state index in [1.807, 2.05) is 36.7 Å². The summed E-state index contributed by atoms with van der Waals surface area (Å²) in [4.78, 5) is 4.74. The average Bonchev–Trinajstić information content (AvgIpc) is 3.03. The molecular formula is C22H26N2O2. The van der Waals surface area contributed by atoms with E-state index < -0.39 is 0 Å². The molecule has 4 nitrogen and oxygen atoms in total. The molecular weight excluding hydrogens is 324 g/mol. The number of ether oxygens (including phenoxy) is 2. The van der Waals surface area contributed by atoms with Gasteiger partial charge in [0.25, 0.3) is 0 Å². The molecule has 0 unspecified atom stereocenters. The minimum absolute atomic E-state index is 0.532. The first-order valence-electron chi connectivity index (χ1n) is 8.92. The van der Waals surface area contributed by atoms with E-state index in [-0.39, 0.29) is 0 Å². The van der Waals surface area contributed by atoms with Crippen LogP contribution in [0.25, 0.3) is 11.3 Å². The number of rotatable bonds is 7. The first-order valence-corrected chi connectivity index (χ1v) is 8.92. The number of benzene rings is 2. The van der Waals surface area contributed by atoms with Crippen molar-refractivity contribution in [1.82, 2.24) is 9.55 Å². The quantitative estimate of drug-likeness (QED) is 0.613. The van der Waals surface area contributed by atoms with Crippen LogP contribution in [0.2, 0.25) is 0 Å². The second kappa shape index (κ2) is 8.09. The zero-order valence-corrected chi connectivity index (χ0v) is 15.9. The molecule has 0 saturated carbocycles. The molecule has 0 aliphatic heterocycles. The Morgan fingerprint density at radius 1 is 1.00 bits per heavy atom. The van der Waals surface area contributed by atoms with Gasteiger partial charge in [0.15, 0.2) is 0 Å². The van der Waals surface area contributed by atoms with E-state index in [1.54, 1.807) is 14.2 Å². The Bertz CT molecular complexity index is 868. The van der Waals surface area contributed by atoms with E-state index in [0.29, 0.717) is 5.92 Å². The van der Waals surface area contributed by atoms with Crippen LogP contribution in [-0.2, 0) is 13.0 Å². The maximum absolute atomic E-state index is 5.55. The van der Waals surface area contributed by atoms with Crippen molar-refractivity contribution in [3.8, 4) is 22.8 Å². The summed E-state index contributed by atoms with van der Waals surface area (Å²) in [5, 5.41) is 0. The monoisotopic (exact) mass is 350 g/mol. The van der Waals surface area contributed by atoms with E-state index in [9.17, 15) is 0 Å². The molecule has 3 aromatic rings. The topological polar surface area (TPSA) is 36.3 Å². The minimum Gasteiger partial charge on any atom is -0.497 e. The highest BCUT2D eigenvalue weighted by Crippen LogP contribution is 2.32. The number of hydrogen-bond acceptors (Lipinski definition) is 3. The van der Waals surface area contributed by atoms with Crippen molar-refractivity contribution in [3.05, 3.63) is 66.1 Å². The smallest absolute Gasteiger partial charge is 0.128 e. The van der Waals surface area contributed by atoms with Gasteiger partial charge >= 0.3 is 0 Å². The molecule has 0 amide bonds. The summed E-state index contributed by atoms with van der Waals surface area (Å²) in [5.74, 6) is 2.26. The third kappa shape index (κ3) is 3.90. The molecule has 136 valence electrons. The van der Waals surface area contributed by atoms with E-state index in [2.05, 4.69) is 36.6 Å². The van der Waals surface area contributed by atoms with Crippen LogP contribution >= 0.6 is 0 Å². The molecule has 3 rings (SSSR count). The van der Waals surface area contributed by atoms with E-state index in [4.69, 9.17) is 14.5 Å². The van der Waals surface area contributed by atoms with Crippen molar-refractivity contribution < 1.29 is 9.47 Å². The van der Waals surface area contributed by atoms with Gasteiger partial charge in [0.1, 0.15) is 11.5 Å². The number of methoxy groups -OCH3 is 2. The molecule has 0 fully saturated rings. The maximum atomic E-state index is 5.55. The van der Waals surface area contributed by atoms with Gasteiger partial charge in [-0.15, -0.1) is 0 Å². The molecule has 2 aromatic carbocycles.